The van der Waals surface area contributed by atoms with Gasteiger partial charge in [-0.05, 0) is 31.5 Å². The topological polar surface area (TPSA) is 59.7 Å². The minimum absolute atomic E-state index is 0.134. The zero-order valence-corrected chi connectivity index (χ0v) is 9.56. The summed E-state index contributed by atoms with van der Waals surface area (Å²) in [5.41, 5.74) is 2.11. The summed E-state index contributed by atoms with van der Waals surface area (Å²) < 4.78 is 10.5. The van der Waals surface area contributed by atoms with Gasteiger partial charge in [0.05, 0.1) is 0 Å². The maximum atomic E-state index is 10.6. The Labute approximate surface area is 98.4 Å². The summed E-state index contributed by atoms with van der Waals surface area (Å²) in [6, 6.07) is 8.58. The van der Waals surface area contributed by atoms with Crippen LogP contribution in [0.4, 0.5) is 0 Å². The van der Waals surface area contributed by atoms with Gasteiger partial charge in [0.1, 0.15) is 5.75 Å². The van der Waals surface area contributed by atoms with Crippen molar-refractivity contribution in [3.05, 3.63) is 47.2 Å². The van der Waals surface area contributed by atoms with Crippen LogP contribution in [0, 0.1) is 13.8 Å². The number of benzene rings is 1. The largest absolute Gasteiger partial charge is 0.475 e. The summed E-state index contributed by atoms with van der Waals surface area (Å²) in [4.78, 5) is 10.6. The highest BCUT2D eigenvalue weighted by atomic mass is 16.6. The molecular formula is C13H12O4. The summed E-state index contributed by atoms with van der Waals surface area (Å²) in [7, 11) is 0. The van der Waals surface area contributed by atoms with E-state index in [4.69, 9.17) is 14.3 Å². The molecule has 17 heavy (non-hydrogen) atoms. The average Bonchev–Trinajstić information content (AvgIpc) is 2.71. The molecule has 2 aromatic rings. The molecule has 4 heteroatoms. The van der Waals surface area contributed by atoms with E-state index in [9.17, 15) is 4.79 Å². The van der Waals surface area contributed by atoms with Crippen LogP contribution in [0.2, 0.25) is 0 Å². The fraction of sp³-hybridized carbons (Fsp3) is 0.154. The number of aryl methyl sites for hydroxylation is 2. The first-order valence-electron chi connectivity index (χ1n) is 5.14. The molecule has 0 aliphatic rings. The lowest BCUT2D eigenvalue weighted by Crippen LogP contribution is -1.92. The summed E-state index contributed by atoms with van der Waals surface area (Å²) in [6.07, 6.45) is 0. The highest BCUT2D eigenvalue weighted by Gasteiger charge is 2.11. The Balaban J connectivity index is 2.22. The Morgan fingerprint density at radius 1 is 1.24 bits per heavy atom. The first kappa shape index (κ1) is 11.3. The van der Waals surface area contributed by atoms with Crippen molar-refractivity contribution in [2.75, 3.05) is 0 Å². The number of ether oxygens (including phenoxy) is 1. The Hall–Kier alpha value is -2.23. The molecule has 0 saturated heterocycles. The maximum absolute atomic E-state index is 10.6. The zero-order chi connectivity index (χ0) is 12.4. The lowest BCUT2D eigenvalue weighted by molar-refractivity contribution is 0.0657. The lowest BCUT2D eigenvalue weighted by Gasteiger charge is -2.06. The summed E-state index contributed by atoms with van der Waals surface area (Å²) in [5.74, 6) is -0.415. The molecule has 1 aromatic heterocycles. The van der Waals surface area contributed by atoms with E-state index < -0.39 is 5.97 Å². The van der Waals surface area contributed by atoms with Crippen molar-refractivity contribution in [1.82, 2.24) is 0 Å². The highest BCUT2D eigenvalue weighted by Crippen LogP contribution is 2.27. The van der Waals surface area contributed by atoms with Gasteiger partial charge in [0, 0.05) is 6.07 Å². The van der Waals surface area contributed by atoms with E-state index >= 15 is 0 Å². The van der Waals surface area contributed by atoms with Crippen LogP contribution >= 0.6 is 0 Å². The fourth-order valence-corrected chi connectivity index (χ4v) is 1.51. The van der Waals surface area contributed by atoms with Gasteiger partial charge in [0.15, 0.2) is 0 Å². The van der Waals surface area contributed by atoms with Crippen LogP contribution in [-0.2, 0) is 0 Å². The Morgan fingerprint density at radius 3 is 2.59 bits per heavy atom. The van der Waals surface area contributed by atoms with Crippen LogP contribution in [-0.4, -0.2) is 11.1 Å². The smallest absolute Gasteiger partial charge is 0.371 e. The molecule has 4 nitrogen and oxygen atoms in total. The molecule has 1 N–H and O–H groups in total. The van der Waals surface area contributed by atoms with E-state index in [0.717, 1.165) is 11.1 Å². The SMILES string of the molecule is Cc1ccc(Oc2ccc(C(=O)O)o2)c(C)c1. The molecule has 0 fully saturated rings. The summed E-state index contributed by atoms with van der Waals surface area (Å²) in [6.45, 7) is 3.91. The minimum atomic E-state index is -1.11. The number of hydrogen-bond acceptors (Lipinski definition) is 3. The van der Waals surface area contributed by atoms with Gasteiger partial charge < -0.3 is 14.3 Å². The summed E-state index contributed by atoms with van der Waals surface area (Å²) >= 11 is 0. The van der Waals surface area contributed by atoms with E-state index in [1.54, 1.807) is 0 Å². The number of aromatic carboxylic acids is 1. The molecule has 0 atom stereocenters. The molecule has 0 spiro atoms. The molecule has 0 unspecified atom stereocenters. The van der Waals surface area contributed by atoms with Crippen molar-refractivity contribution < 1.29 is 19.1 Å². The van der Waals surface area contributed by atoms with E-state index in [1.165, 1.54) is 12.1 Å². The molecule has 0 aliphatic heterocycles. The van der Waals surface area contributed by atoms with Crippen LogP contribution in [0.25, 0.3) is 0 Å². The average molecular weight is 232 g/mol. The van der Waals surface area contributed by atoms with E-state index in [2.05, 4.69) is 0 Å². The lowest BCUT2D eigenvalue weighted by atomic mass is 10.1. The Kier molecular flexibility index (Phi) is 2.87. The number of carboxylic acid groups (broad SMARTS) is 1. The molecule has 0 radical (unpaired) electrons. The summed E-state index contributed by atoms with van der Waals surface area (Å²) in [5, 5.41) is 8.71. The van der Waals surface area contributed by atoms with Crippen molar-refractivity contribution in [3.8, 4) is 11.7 Å². The predicted molar refractivity (Wildman–Crippen MR) is 61.7 cm³/mol. The van der Waals surface area contributed by atoms with Crippen molar-refractivity contribution in [3.63, 3.8) is 0 Å². The van der Waals surface area contributed by atoms with Gasteiger partial charge in [-0.15, -0.1) is 0 Å². The normalized spacial score (nSPS) is 10.2. The van der Waals surface area contributed by atoms with Gasteiger partial charge in [-0.3, -0.25) is 0 Å². The molecule has 88 valence electrons. The van der Waals surface area contributed by atoms with Crippen LogP contribution in [0.1, 0.15) is 21.7 Å². The predicted octanol–water partition coefficient (Wildman–Crippen LogP) is 3.39. The molecule has 0 aliphatic carbocycles. The third-order valence-electron chi connectivity index (χ3n) is 2.33. The molecule has 1 heterocycles. The van der Waals surface area contributed by atoms with Crippen LogP contribution in [0.15, 0.2) is 34.7 Å². The first-order valence-corrected chi connectivity index (χ1v) is 5.14. The molecule has 0 saturated carbocycles. The third-order valence-corrected chi connectivity index (χ3v) is 2.33. The molecule has 0 amide bonds. The van der Waals surface area contributed by atoms with Crippen LogP contribution in [0.3, 0.4) is 0 Å². The van der Waals surface area contributed by atoms with Crippen LogP contribution < -0.4 is 4.74 Å². The molecule has 0 bridgehead atoms. The zero-order valence-electron chi connectivity index (χ0n) is 9.56. The van der Waals surface area contributed by atoms with E-state index in [-0.39, 0.29) is 11.7 Å². The number of rotatable bonds is 3. The van der Waals surface area contributed by atoms with Crippen molar-refractivity contribution in [2.24, 2.45) is 0 Å². The van der Waals surface area contributed by atoms with Gasteiger partial charge in [0.2, 0.25) is 5.76 Å². The standard InChI is InChI=1S/C13H12O4/c1-8-3-4-10(9(2)7-8)16-12-6-5-11(17-12)13(14)15/h3-7H,1-2H3,(H,14,15). The number of carbonyl (C=O) groups is 1. The third kappa shape index (κ3) is 2.47. The van der Waals surface area contributed by atoms with E-state index in [1.807, 2.05) is 32.0 Å². The van der Waals surface area contributed by atoms with Gasteiger partial charge >= 0.3 is 5.97 Å². The fourth-order valence-electron chi connectivity index (χ4n) is 1.51. The molecule has 2 rings (SSSR count). The highest BCUT2D eigenvalue weighted by molar-refractivity contribution is 5.84. The number of hydrogen-bond donors (Lipinski definition) is 1. The van der Waals surface area contributed by atoms with Crippen LogP contribution in [0.5, 0.6) is 11.7 Å². The second-order valence-corrected chi connectivity index (χ2v) is 3.79. The number of carboxylic acids is 1. The number of furan rings is 1. The Bertz CT molecular complexity index is 554. The van der Waals surface area contributed by atoms with Crippen molar-refractivity contribution in [2.45, 2.75) is 13.8 Å². The van der Waals surface area contributed by atoms with Crippen molar-refractivity contribution in [1.29, 1.82) is 0 Å². The minimum Gasteiger partial charge on any atom is -0.475 e. The second-order valence-electron chi connectivity index (χ2n) is 3.79. The molecular weight excluding hydrogens is 220 g/mol. The second kappa shape index (κ2) is 4.33. The Morgan fingerprint density at radius 2 is 2.00 bits per heavy atom. The monoisotopic (exact) mass is 232 g/mol. The maximum Gasteiger partial charge on any atom is 0.371 e. The van der Waals surface area contributed by atoms with Gasteiger partial charge in [-0.2, -0.15) is 0 Å². The molecule has 1 aromatic carbocycles. The van der Waals surface area contributed by atoms with Gasteiger partial charge in [-0.1, -0.05) is 17.7 Å². The van der Waals surface area contributed by atoms with Gasteiger partial charge in [-0.25, -0.2) is 4.79 Å². The van der Waals surface area contributed by atoms with E-state index in [0.29, 0.717) is 5.75 Å². The van der Waals surface area contributed by atoms with Crippen molar-refractivity contribution >= 4 is 5.97 Å². The first-order chi connectivity index (χ1) is 8.06. The quantitative estimate of drug-likeness (QED) is 0.881. The van der Waals surface area contributed by atoms with Gasteiger partial charge in [0.25, 0.3) is 5.95 Å².